The molecule has 1 fully saturated rings. The number of benzene rings is 2. The lowest BCUT2D eigenvalue weighted by Gasteiger charge is -2.22. The molecule has 3 aromatic rings. The van der Waals surface area contributed by atoms with Crippen molar-refractivity contribution in [2.75, 3.05) is 36.2 Å². The second-order valence-electron chi connectivity index (χ2n) is 7.09. The van der Waals surface area contributed by atoms with Crippen LogP contribution in [-0.2, 0) is 9.59 Å². The molecule has 0 spiro atoms. The van der Waals surface area contributed by atoms with Crippen molar-refractivity contribution in [3.05, 3.63) is 36.4 Å². The van der Waals surface area contributed by atoms with Crippen LogP contribution in [0.4, 0.5) is 11.4 Å². The van der Waals surface area contributed by atoms with E-state index in [2.05, 4.69) is 10.3 Å². The molecule has 30 heavy (non-hydrogen) atoms. The number of nitrogens with one attached hydrogen (secondary N) is 1. The van der Waals surface area contributed by atoms with Gasteiger partial charge in [0.25, 0.3) is 0 Å². The number of fused-ring (bicyclic) bond motifs is 2. The summed E-state index contributed by atoms with van der Waals surface area (Å²) < 4.78 is 13.2. The van der Waals surface area contributed by atoms with E-state index in [1.165, 1.54) is 0 Å². The van der Waals surface area contributed by atoms with Crippen LogP contribution in [0.3, 0.4) is 0 Å². The summed E-state index contributed by atoms with van der Waals surface area (Å²) in [5, 5.41) is 2.96. The Morgan fingerprint density at radius 3 is 2.87 bits per heavy atom. The maximum absolute atomic E-state index is 12.8. The number of carbonyl (C=O) groups excluding carboxylic acids is 2. The number of thioether (sulfide) groups is 1. The van der Waals surface area contributed by atoms with Crippen LogP contribution in [0.15, 0.2) is 40.7 Å². The third-order valence-corrected chi connectivity index (χ3v) is 7.15. The molecule has 0 aliphatic carbocycles. The number of ether oxygens (including phenoxy) is 2. The van der Waals surface area contributed by atoms with Gasteiger partial charge in [0.2, 0.25) is 11.8 Å². The second kappa shape index (κ2) is 7.81. The Bertz CT molecular complexity index is 1150. The van der Waals surface area contributed by atoms with Crippen molar-refractivity contribution in [3.63, 3.8) is 0 Å². The third kappa shape index (κ3) is 3.59. The first-order chi connectivity index (χ1) is 14.6. The van der Waals surface area contributed by atoms with Crippen LogP contribution < -0.4 is 19.7 Å². The van der Waals surface area contributed by atoms with Crippen LogP contribution in [0.25, 0.3) is 10.2 Å². The lowest BCUT2D eigenvalue weighted by molar-refractivity contribution is -0.122. The molecule has 154 valence electrons. The summed E-state index contributed by atoms with van der Waals surface area (Å²) in [6.07, 6.45) is 2.17. The van der Waals surface area contributed by atoms with Crippen LogP contribution in [0, 0.1) is 5.92 Å². The maximum atomic E-state index is 12.8. The van der Waals surface area contributed by atoms with Crippen LogP contribution in [0.5, 0.6) is 11.5 Å². The molecule has 1 N–H and O–H groups in total. The van der Waals surface area contributed by atoms with Gasteiger partial charge >= 0.3 is 0 Å². The summed E-state index contributed by atoms with van der Waals surface area (Å²) in [4.78, 5) is 31.6. The topological polar surface area (TPSA) is 80.8 Å². The van der Waals surface area contributed by atoms with Crippen LogP contribution in [0.2, 0.25) is 0 Å². The average molecular weight is 442 g/mol. The number of amides is 2. The van der Waals surface area contributed by atoms with E-state index in [1.807, 2.05) is 30.5 Å². The van der Waals surface area contributed by atoms with Gasteiger partial charge in [0.15, 0.2) is 15.8 Å². The second-order valence-corrected chi connectivity index (χ2v) is 9.17. The molecule has 9 heteroatoms. The first-order valence-corrected chi connectivity index (χ1v) is 11.6. The molecule has 0 radical (unpaired) electrons. The average Bonchev–Trinajstić information content (AvgIpc) is 3.36. The van der Waals surface area contributed by atoms with Crippen molar-refractivity contribution in [2.24, 2.45) is 5.92 Å². The fraction of sp³-hybridized carbons (Fsp3) is 0.286. The van der Waals surface area contributed by atoms with Crippen molar-refractivity contribution in [3.8, 4) is 11.5 Å². The van der Waals surface area contributed by atoms with E-state index in [0.29, 0.717) is 36.9 Å². The highest BCUT2D eigenvalue weighted by atomic mass is 32.2. The highest BCUT2D eigenvalue weighted by molar-refractivity contribution is 8.00. The molecule has 2 aliphatic heterocycles. The Balaban J connectivity index is 1.30. The van der Waals surface area contributed by atoms with Crippen LogP contribution >= 0.6 is 23.1 Å². The smallest absolute Gasteiger partial charge is 0.229 e. The quantitative estimate of drug-likeness (QED) is 0.621. The van der Waals surface area contributed by atoms with Gasteiger partial charge in [-0.05, 0) is 36.6 Å². The highest BCUT2D eigenvalue weighted by Crippen LogP contribution is 2.36. The van der Waals surface area contributed by atoms with Gasteiger partial charge in [-0.15, -0.1) is 11.3 Å². The normalized spacial score (nSPS) is 18.1. The zero-order valence-corrected chi connectivity index (χ0v) is 17.8. The Kier molecular flexibility index (Phi) is 5.00. The van der Waals surface area contributed by atoms with E-state index in [4.69, 9.17) is 9.47 Å². The molecule has 2 aromatic carbocycles. The van der Waals surface area contributed by atoms with Crippen LogP contribution in [-0.4, -0.2) is 42.8 Å². The largest absolute Gasteiger partial charge is 0.486 e. The maximum Gasteiger partial charge on any atom is 0.229 e. The van der Waals surface area contributed by atoms with E-state index in [-0.39, 0.29) is 18.2 Å². The summed E-state index contributed by atoms with van der Waals surface area (Å²) >= 11 is 3.20. The SMILES string of the molecule is CSc1nc2ccc(NC(=O)C3CC(=O)N(c4ccc5c(c4)OCCO5)C3)cc2s1. The number of aromatic nitrogens is 1. The van der Waals surface area contributed by atoms with Gasteiger partial charge in [-0.2, -0.15) is 0 Å². The van der Waals surface area contributed by atoms with E-state index in [1.54, 1.807) is 40.1 Å². The first-order valence-electron chi connectivity index (χ1n) is 9.56. The number of carbonyl (C=O) groups is 2. The fourth-order valence-electron chi connectivity index (χ4n) is 3.65. The Morgan fingerprint density at radius 2 is 2.03 bits per heavy atom. The van der Waals surface area contributed by atoms with E-state index in [9.17, 15) is 9.59 Å². The molecule has 3 heterocycles. The van der Waals surface area contributed by atoms with E-state index >= 15 is 0 Å². The number of hydrogen-bond donors (Lipinski definition) is 1. The predicted octanol–water partition coefficient (Wildman–Crippen LogP) is 3.78. The van der Waals surface area contributed by atoms with Gasteiger partial charge in [-0.25, -0.2) is 4.98 Å². The molecule has 1 aromatic heterocycles. The number of hydrogen-bond acceptors (Lipinski definition) is 7. The van der Waals surface area contributed by atoms with Gasteiger partial charge in [-0.1, -0.05) is 11.8 Å². The summed E-state index contributed by atoms with van der Waals surface area (Å²) in [5.74, 6) is 0.660. The van der Waals surface area contributed by atoms with Gasteiger partial charge in [-0.3, -0.25) is 9.59 Å². The van der Waals surface area contributed by atoms with Gasteiger partial charge in [0.05, 0.1) is 16.1 Å². The molecule has 5 rings (SSSR count). The van der Waals surface area contributed by atoms with Gasteiger partial charge in [0.1, 0.15) is 13.2 Å². The summed E-state index contributed by atoms with van der Waals surface area (Å²) in [5.41, 5.74) is 2.35. The molecule has 1 unspecified atom stereocenters. The van der Waals surface area contributed by atoms with Crippen molar-refractivity contribution in [1.29, 1.82) is 0 Å². The van der Waals surface area contributed by atoms with Gasteiger partial charge < -0.3 is 19.7 Å². The molecule has 2 aliphatic rings. The van der Waals surface area contributed by atoms with Crippen molar-refractivity contribution >= 4 is 56.5 Å². The summed E-state index contributed by atoms with van der Waals surface area (Å²) in [6.45, 7) is 1.34. The molecule has 1 saturated heterocycles. The number of nitrogens with zero attached hydrogens (tertiary/aromatic N) is 2. The van der Waals surface area contributed by atoms with Crippen molar-refractivity contribution in [2.45, 2.75) is 10.8 Å². The zero-order chi connectivity index (χ0) is 20.7. The Morgan fingerprint density at radius 1 is 1.20 bits per heavy atom. The summed E-state index contributed by atoms with van der Waals surface area (Å²) in [7, 11) is 0. The minimum Gasteiger partial charge on any atom is -0.486 e. The minimum atomic E-state index is -0.412. The third-order valence-electron chi connectivity index (χ3n) is 5.14. The molecular formula is C21H19N3O4S2. The molecular weight excluding hydrogens is 422 g/mol. The molecule has 7 nitrogen and oxygen atoms in total. The number of rotatable bonds is 4. The Hall–Kier alpha value is -2.78. The zero-order valence-electron chi connectivity index (χ0n) is 16.2. The lowest BCUT2D eigenvalue weighted by atomic mass is 10.1. The first kappa shape index (κ1) is 19.2. The molecule has 1 atom stereocenters. The number of anilines is 2. The van der Waals surface area contributed by atoms with Crippen molar-refractivity contribution < 1.29 is 19.1 Å². The van der Waals surface area contributed by atoms with Crippen LogP contribution in [0.1, 0.15) is 6.42 Å². The number of thiazole rings is 1. The van der Waals surface area contributed by atoms with Gasteiger partial charge in [0, 0.05) is 30.4 Å². The lowest BCUT2D eigenvalue weighted by Crippen LogP contribution is -2.28. The molecule has 2 amide bonds. The minimum absolute atomic E-state index is 0.0747. The highest BCUT2D eigenvalue weighted by Gasteiger charge is 2.35. The van der Waals surface area contributed by atoms with E-state index < -0.39 is 5.92 Å². The van der Waals surface area contributed by atoms with Crippen molar-refractivity contribution in [1.82, 2.24) is 4.98 Å². The standard InChI is InChI=1S/C21H19N3O4S2/c1-29-21-23-15-4-2-13(9-18(15)30-21)22-20(26)12-8-19(25)24(11-12)14-3-5-16-17(10-14)28-7-6-27-16/h2-5,9-10,12H,6-8,11H2,1H3,(H,22,26). The molecule has 0 bridgehead atoms. The monoisotopic (exact) mass is 441 g/mol. The molecule has 0 saturated carbocycles. The predicted molar refractivity (Wildman–Crippen MR) is 118 cm³/mol. The fourth-order valence-corrected chi connectivity index (χ4v) is 5.17. The Labute approximate surface area is 181 Å². The van der Waals surface area contributed by atoms with E-state index in [0.717, 1.165) is 20.2 Å². The summed E-state index contributed by atoms with van der Waals surface area (Å²) in [6, 6.07) is 11.1.